The molecule has 7 heteroatoms. The van der Waals surface area contributed by atoms with Gasteiger partial charge in [0.05, 0.1) is 16.8 Å². The molecule has 3 N–H and O–H groups in total. The SMILES string of the molecule is CCNc1ncc(C(=O)NCc2cn[nH]c2)cc1Cl. The normalized spacial score (nSPS) is 10.2. The Balaban J connectivity index is 2.01. The van der Waals surface area contributed by atoms with Gasteiger partial charge < -0.3 is 10.6 Å². The van der Waals surface area contributed by atoms with E-state index in [1.807, 2.05) is 6.92 Å². The zero-order valence-corrected chi connectivity index (χ0v) is 11.2. The van der Waals surface area contributed by atoms with Gasteiger partial charge in [0, 0.05) is 31.0 Å². The lowest BCUT2D eigenvalue weighted by atomic mass is 10.2. The van der Waals surface area contributed by atoms with Crippen LogP contribution in [0, 0.1) is 0 Å². The number of nitrogens with zero attached hydrogens (tertiary/aromatic N) is 2. The molecule has 2 rings (SSSR count). The van der Waals surface area contributed by atoms with Crippen LogP contribution in [0.2, 0.25) is 5.02 Å². The van der Waals surface area contributed by atoms with Crippen LogP contribution in [0.3, 0.4) is 0 Å². The van der Waals surface area contributed by atoms with Crippen molar-refractivity contribution in [3.8, 4) is 0 Å². The van der Waals surface area contributed by atoms with E-state index in [-0.39, 0.29) is 5.91 Å². The summed E-state index contributed by atoms with van der Waals surface area (Å²) in [6.07, 6.45) is 4.87. The van der Waals surface area contributed by atoms with Crippen molar-refractivity contribution >= 4 is 23.3 Å². The first-order valence-corrected chi connectivity index (χ1v) is 6.23. The van der Waals surface area contributed by atoms with Gasteiger partial charge in [0.15, 0.2) is 0 Å². The molecule has 19 heavy (non-hydrogen) atoms. The minimum absolute atomic E-state index is 0.223. The number of hydrogen-bond donors (Lipinski definition) is 3. The summed E-state index contributed by atoms with van der Waals surface area (Å²) in [6, 6.07) is 1.59. The Morgan fingerprint density at radius 1 is 1.47 bits per heavy atom. The Kier molecular flexibility index (Phi) is 4.35. The number of amides is 1. The average Bonchev–Trinajstić information content (AvgIpc) is 2.91. The van der Waals surface area contributed by atoms with E-state index in [1.54, 1.807) is 18.5 Å². The highest BCUT2D eigenvalue weighted by Crippen LogP contribution is 2.19. The summed E-state index contributed by atoms with van der Waals surface area (Å²) < 4.78 is 0. The predicted molar refractivity (Wildman–Crippen MR) is 73.2 cm³/mol. The molecule has 2 aromatic heterocycles. The highest BCUT2D eigenvalue weighted by Gasteiger charge is 2.09. The first-order valence-electron chi connectivity index (χ1n) is 5.86. The fourth-order valence-electron chi connectivity index (χ4n) is 1.52. The molecule has 2 heterocycles. The smallest absolute Gasteiger partial charge is 0.253 e. The fourth-order valence-corrected chi connectivity index (χ4v) is 1.75. The minimum atomic E-state index is -0.223. The largest absolute Gasteiger partial charge is 0.369 e. The highest BCUT2D eigenvalue weighted by molar-refractivity contribution is 6.33. The molecule has 0 radical (unpaired) electrons. The lowest BCUT2D eigenvalue weighted by Gasteiger charge is -2.07. The summed E-state index contributed by atoms with van der Waals surface area (Å²) in [5, 5.41) is 12.7. The molecule has 0 unspecified atom stereocenters. The van der Waals surface area contributed by atoms with Crippen LogP contribution in [0.25, 0.3) is 0 Å². The number of rotatable bonds is 5. The molecule has 0 bridgehead atoms. The first-order chi connectivity index (χ1) is 9.20. The summed E-state index contributed by atoms with van der Waals surface area (Å²) in [4.78, 5) is 16.0. The second kappa shape index (κ2) is 6.19. The Morgan fingerprint density at radius 3 is 2.95 bits per heavy atom. The molecule has 2 aromatic rings. The molecule has 100 valence electrons. The third kappa shape index (κ3) is 3.45. The van der Waals surface area contributed by atoms with Gasteiger partial charge in [0.2, 0.25) is 0 Å². The molecular formula is C12H14ClN5O. The van der Waals surface area contributed by atoms with E-state index in [9.17, 15) is 4.79 Å². The number of halogens is 1. The second-order valence-electron chi connectivity index (χ2n) is 3.87. The number of aromatic amines is 1. The predicted octanol–water partition coefficient (Wildman–Crippen LogP) is 1.82. The lowest BCUT2D eigenvalue weighted by molar-refractivity contribution is 0.0950. The molecule has 0 aliphatic carbocycles. The van der Waals surface area contributed by atoms with Crippen LogP contribution in [0.5, 0.6) is 0 Å². The van der Waals surface area contributed by atoms with Crippen LogP contribution >= 0.6 is 11.6 Å². The van der Waals surface area contributed by atoms with Crippen molar-refractivity contribution in [2.24, 2.45) is 0 Å². The number of H-pyrrole nitrogens is 1. The number of carbonyl (C=O) groups excluding carboxylic acids is 1. The molecule has 1 amide bonds. The van der Waals surface area contributed by atoms with E-state index in [4.69, 9.17) is 11.6 Å². The van der Waals surface area contributed by atoms with E-state index in [1.165, 1.54) is 6.20 Å². The van der Waals surface area contributed by atoms with Crippen molar-refractivity contribution in [1.82, 2.24) is 20.5 Å². The van der Waals surface area contributed by atoms with Gasteiger partial charge in [0.1, 0.15) is 5.82 Å². The summed E-state index contributed by atoms with van der Waals surface area (Å²) >= 11 is 6.03. The van der Waals surface area contributed by atoms with Gasteiger partial charge in [-0.05, 0) is 13.0 Å². The number of pyridine rings is 1. The van der Waals surface area contributed by atoms with Gasteiger partial charge in [-0.15, -0.1) is 0 Å². The van der Waals surface area contributed by atoms with Crippen LogP contribution in [0.1, 0.15) is 22.8 Å². The molecule has 0 saturated heterocycles. The summed E-state index contributed by atoms with van der Waals surface area (Å²) in [7, 11) is 0. The van der Waals surface area contributed by atoms with Gasteiger partial charge in [-0.3, -0.25) is 9.89 Å². The van der Waals surface area contributed by atoms with Gasteiger partial charge in [0.25, 0.3) is 5.91 Å². The molecule has 0 aliphatic rings. The van der Waals surface area contributed by atoms with E-state index in [2.05, 4.69) is 25.8 Å². The zero-order chi connectivity index (χ0) is 13.7. The average molecular weight is 280 g/mol. The van der Waals surface area contributed by atoms with E-state index >= 15 is 0 Å². The molecule has 6 nitrogen and oxygen atoms in total. The van der Waals surface area contributed by atoms with Gasteiger partial charge in [-0.2, -0.15) is 5.10 Å². The van der Waals surface area contributed by atoms with E-state index < -0.39 is 0 Å². The van der Waals surface area contributed by atoms with Crippen LogP contribution in [-0.2, 0) is 6.54 Å². The van der Waals surface area contributed by atoms with Crippen molar-refractivity contribution < 1.29 is 4.79 Å². The number of hydrogen-bond acceptors (Lipinski definition) is 4. The summed E-state index contributed by atoms with van der Waals surface area (Å²) in [6.45, 7) is 3.07. The molecule has 0 fully saturated rings. The highest BCUT2D eigenvalue weighted by atomic mass is 35.5. The fraction of sp³-hybridized carbons (Fsp3) is 0.250. The summed E-state index contributed by atoms with van der Waals surface area (Å²) in [5.41, 5.74) is 1.33. The van der Waals surface area contributed by atoms with Crippen LogP contribution in [-0.4, -0.2) is 27.6 Å². The Labute approximate surface area is 115 Å². The van der Waals surface area contributed by atoms with Crippen molar-refractivity contribution in [3.05, 3.63) is 40.8 Å². The van der Waals surface area contributed by atoms with Crippen LogP contribution < -0.4 is 10.6 Å². The molecule has 0 spiro atoms. The maximum Gasteiger partial charge on any atom is 0.253 e. The van der Waals surface area contributed by atoms with Gasteiger partial charge in [-0.1, -0.05) is 11.6 Å². The van der Waals surface area contributed by atoms with Crippen molar-refractivity contribution in [1.29, 1.82) is 0 Å². The number of aromatic nitrogens is 3. The minimum Gasteiger partial charge on any atom is -0.369 e. The third-order valence-corrected chi connectivity index (χ3v) is 2.74. The summed E-state index contributed by atoms with van der Waals surface area (Å²) in [5.74, 6) is 0.356. The van der Waals surface area contributed by atoms with Crippen molar-refractivity contribution in [2.45, 2.75) is 13.5 Å². The van der Waals surface area contributed by atoms with Crippen molar-refractivity contribution in [3.63, 3.8) is 0 Å². The lowest BCUT2D eigenvalue weighted by Crippen LogP contribution is -2.22. The topological polar surface area (TPSA) is 82.7 Å². The van der Waals surface area contributed by atoms with E-state index in [0.29, 0.717) is 22.9 Å². The second-order valence-corrected chi connectivity index (χ2v) is 4.28. The maximum atomic E-state index is 11.9. The number of anilines is 1. The molecule has 0 aliphatic heterocycles. The number of carbonyl (C=O) groups is 1. The zero-order valence-electron chi connectivity index (χ0n) is 10.4. The quantitative estimate of drug-likeness (QED) is 0.780. The Hall–Kier alpha value is -2.08. The molecule has 0 saturated carbocycles. The van der Waals surface area contributed by atoms with Gasteiger partial charge >= 0.3 is 0 Å². The molecule has 0 aromatic carbocycles. The molecular weight excluding hydrogens is 266 g/mol. The number of nitrogens with one attached hydrogen (secondary N) is 3. The monoisotopic (exact) mass is 279 g/mol. The maximum absolute atomic E-state index is 11.9. The first kappa shape index (κ1) is 13.4. The van der Waals surface area contributed by atoms with Crippen molar-refractivity contribution in [2.75, 3.05) is 11.9 Å². The van der Waals surface area contributed by atoms with E-state index in [0.717, 1.165) is 12.1 Å². The third-order valence-electron chi connectivity index (χ3n) is 2.46. The Morgan fingerprint density at radius 2 is 2.32 bits per heavy atom. The standard InChI is InChI=1S/C12H14ClN5O/c1-2-14-11-10(13)3-9(7-15-11)12(19)16-4-8-5-17-18-6-8/h3,5-7H,2,4H2,1H3,(H,14,15)(H,16,19)(H,17,18). The Bertz CT molecular complexity index is 555. The van der Waals surface area contributed by atoms with Crippen LogP contribution in [0.15, 0.2) is 24.7 Å². The molecule has 0 atom stereocenters. The van der Waals surface area contributed by atoms with Gasteiger partial charge in [-0.25, -0.2) is 4.98 Å². The van der Waals surface area contributed by atoms with Crippen LogP contribution in [0.4, 0.5) is 5.82 Å².